The predicted octanol–water partition coefficient (Wildman–Crippen LogP) is 1.56. The molecule has 1 atom stereocenters. The van der Waals surface area contributed by atoms with Gasteiger partial charge in [-0.2, -0.15) is 0 Å². The lowest BCUT2D eigenvalue weighted by Crippen LogP contribution is -2.26. The van der Waals surface area contributed by atoms with Crippen molar-refractivity contribution in [1.82, 2.24) is 4.57 Å². The Labute approximate surface area is 61.1 Å². The van der Waals surface area contributed by atoms with Crippen LogP contribution >= 0.6 is 0 Å². The van der Waals surface area contributed by atoms with E-state index in [2.05, 4.69) is 0 Å². The van der Waals surface area contributed by atoms with E-state index < -0.39 is 5.72 Å². The van der Waals surface area contributed by atoms with Crippen LogP contribution in [0.3, 0.4) is 0 Å². The summed E-state index contributed by atoms with van der Waals surface area (Å²) in [6.45, 7) is 3.76. The molecule has 1 aromatic rings. The Balaban J connectivity index is 2.85. The van der Waals surface area contributed by atoms with Gasteiger partial charge in [-0.15, -0.1) is 0 Å². The molecule has 0 aliphatic carbocycles. The Kier molecular flexibility index (Phi) is 1.81. The Hall–Kier alpha value is -0.760. The van der Waals surface area contributed by atoms with Gasteiger partial charge in [-0.25, -0.2) is 0 Å². The van der Waals surface area contributed by atoms with Crippen molar-refractivity contribution in [2.45, 2.75) is 26.0 Å². The minimum absolute atomic E-state index is 0.719. The van der Waals surface area contributed by atoms with Crippen LogP contribution < -0.4 is 0 Å². The lowest BCUT2D eigenvalue weighted by Gasteiger charge is -2.23. The number of aromatic nitrogens is 1. The predicted molar refractivity (Wildman–Crippen MR) is 40.6 cm³/mol. The quantitative estimate of drug-likeness (QED) is 0.661. The van der Waals surface area contributed by atoms with Crippen LogP contribution in [0, 0.1) is 0 Å². The first-order chi connectivity index (χ1) is 4.67. The van der Waals surface area contributed by atoms with Crippen molar-refractivity contribution in [3.63, 3.8) is 0 Å². The average molecular weight is 139 g/mol. The lowest BCUT2D eigenvalue weighted by molar-refractivity contribution is -0.0217. The molecule has 0 radical (unpaired) electrons. The van der Waals surface area contributed by atoms with Crippen LogP contribution in [0.5, 0.6) is 0 Å². The van der Waals surface area contributed by atoms with Gasteiger partial charge >= 0.3 is 0 Å². The molecule has 2 nitrogen and oxygen atoms in total. The van der Waals surface area contributed by atoms with Crippen LogP contribution in [0.4, 0.5) is 0 Å². The summed E-state index contributed by atoms with van der Waals surface area (Å²) < 4.78 is 1.80. The van der Waals surface area contributed by atoms with Crippen LogP contribution in [-0.4, -0.2) is 9.67 Å². The molecule has 0 spiro atoms. The first-order valence-electron chi connectivity index (χ1n) is 3.52. The maximum absolute atomic E-state index is 9.65. The maximum Gasteiger partial charge on any atom is 0.138 e. The molecule has 0 aliphatic rings. The van der Waals surface area contributed by atoms with Gasteiger partial charge in [0.05, 0.1) is 0 Å². The van der Waals surface area contributed by atoms with Crippen molar-refractivity contribution in [3.05, 3.63) is 24.5 Å². The highest BCUT2D eigenvalue weighted by atomic mass is 16.3. The van der Waals surface area contributed by atoms with Gasteiger partial charge in [0.25, 0.3) is 0 Å². The first-order valence-corrected chi connectivity index (χ1v) is 3.52. The number of rotatable bonds is 2. The fraction of sp³-hybridized carbons (Fsp3) is 0.500. The molecule has 1 heterocycles. The average Bonchev–Trinajstić information content (AvgIpc) is 2.38. The largest absolute Gasteiger partial charge is 0.371 e. The zero-order valence-electron chi connectivity index (χ0n) is 6.41. The Morgan fingerprint density at radius 1 is 1.40 bits per heavy atom. The van der Waals surface area contributed by atoms with Crippen LogP contribution in [0.1, 0.15) is 20.3 Å². The van der Waals surface area contributed by atoms with Gasteiger partial charge in [0, 0.05) is 12.4 Å². The van der Waals surface area contributed by atoms with Gasteiger partial charge in [0.2, 0.25) is 0 Å². The summed E-state index contributed by atoms with van der Waals surface area (Å²) in [5, 5.41) is 9.65. The number of hydrogen-bond acceptors (Lipinski definition) is 1. The van der Waals surface area contributed by atoms with E-state index in [0.29, 0.717) is 0 Å². The van der Waals surface area contributed by atoms with E-state index >= 15 is 0 Å². The van der Waals surface area contributed by atoms with E-state index in [4.69, 9.17) is 0 Å². The van der Waals surface area contributed by atoms with Gasteiger partial charge < -0.3 is 9.67 Å². The van der Waals surface area contributed by atoms with Crippen LogP contribution in [0.2, 0.25) is 0 Å². The molecule has 0 aliphatic heterocycles. The third-order valence-electron chi connectivity index (χ3n) is 1.83. The minimum atomic E-state index is -0.719. The standard InChI is InChI=1S/C8H13NO/c1-3-8(2,10)9-6-4-5-7-9/h4-7,10H,3H2,1-2H3. The van der Waals surface area contributed by atoms with Crippen LogP contribution in [0.15, 0.2) is 24.5 Å². The normalized spacial score (nSPS) is 16.7. The minimum Gasteiger partial charge on any atom is -0.371 e. The fourth-order valence-corrected chi connectivity index (χ4v) is 0.838. The Bertz CT molecular complexity index is 189. The molecule has 0 bridgehead atoms. The molecular weight excluding hydrogens is 126 g/mol. The third kappa shape index (κ3) is 1.21. The monoisotopic (exact) mass is 139 g/mol. The van der Waals surface area contributed by atoms with Crippen molar-refractivity contribution >= 4 is 0 Å². The second-order valence-electron chi connectivity index (χ2n) is 2.66. The van der Waals surface area contributed by atoms with Gasteiger partial charge in [-0.05, 0) is 25.5 Å². The van der Waals surface area contributed by atoms with Gasteiger partial charge in [-0.3, -0.25) is 0 Å². The van der Waals surface area contributed by atoms with E-state index in [-0.39, 0.29) is 0 Å². The van der Waals surface area contributed by atoms with Gasteiger partial charge in [0.15, 0.2) is 0 Å². The Morgan fingerprint density at radius 2 is 1.90 bits per heavy atom. The summed E-state index contributed by atoms with van der Waals surface area (Å²) in [6, 6.07) is 3.81. The topological polar surface area (TPSA) is 25.2 Å². The second kappa shape index (κ2) is 2.46. The summed E-state index contributed by atoms with van der Waals surface area (Å²) in [4.78, 5) is 0. The molecule has 2 heteroatoms. The van der Waals surface area contributed by atoms with Gasteiger partial charge in [-0.1, -0.05) is 6.92 Å². The molecule has 1 rings (SSSR count). The summed E-state index contributed by atoms with van der Waals surface area (Å²) in [5.74, 6) is 0. The number of hydrogen-bond donors (Lipinski definition) is 1. The smallest absolute Gasteiger partial charge is 0.138 e. The maximum atomic E-state index is 9.65. The van der Waals surface area contributed by atoms with E-state index in [1.807, 2.05) is 31.5 Å². The Morgan fingerprint density at radius 3 is 2.30 bits per heavy atom. The molecule has 1 aromatic heterocycles. The highest BCUT2D eigenvalue weighted by molar-refractivity contribution is 4.93. The van der Waals surface area contributed by atoms with E-state index in [1.54, 1.807) is 11.5 Å². The summed E-state index contributed by atoms with van der Waals surface area (Å²) in [5.41, 5.74) is -0.719. The van der Waals surface area contributed by atoms with Crippen LogP contribution in [0.25, 0.3) is 0 Å². The fourth-order valence-electron chi connectivity index (χ4n) is 0.838. The number of aliphatic hydroxyl groups is 1. The van der Waals surface area contributed by atoms with E-state index in [9.17, 15) is 5.11 Å². The summed E-state index contributed by atoms with van der Waals surface area (Å²) >= 11 is 0. The van der Waals surface area contributed by atoms with Crippen molar-refractivity contribution in [2.75, 3.05) is 0 Å². The summed E-state index contributed by atoms with van der Waals surface area (Å²) in [7, 11) is 0. The highest BCUT2D eigenvalue weighted by Gasteiger charge is 2.17. The third-order valence-corrected chi connectivity index (χ3v) is 1.83. The molecule has 0 fully saturated rings. The highest BCUT2D eigenvalue weighted by Crippen LogP contribution is 2.15. The molecule has 10 heavy (non-hydrogen) atoms. The molecule has 0 saturated heterocycles. The SMILES string of the molecule is CCC(C)(O)n1cccc1. The zero-order chi connectivity index (χ0) is 7.61. The second-order valence-corrected chi connectivity index (χ2v) is 2.66. The van der Waals surface area contributed by atoms with Crippen LogP contribution in [-0.2, 0) is 5.72 Å². The molecule has 0 saturated carbocycles. The van der Waals surface area contributed by atoms with Gasteiger partial charge in [0.1, 0.15) is 5.72 Å². The molecule has 0 aromatic carbocycles. The van der Waals surface area contributed by atoms with E-state index in [0.717, 1.165) is 6.42 Å². The lowest BCUT2D eigenvalue weighted by atomic mass is 10.2. The molecule has 1 unspecified atom stereocenters. The molecular formula is C8H13NO. The number of nitrogens with zero attached hydrogens (tertiary/aromatic N) is 1. The van der Waals surface area contributed by atoms with Crippen molar-refractivity contribution in [3.8, 4) is 0 Å². The molecule has 1 N–H and O–H groups in total. The zero-order valence-corrected chi connectivity index (χ0v) is 6.41. The molecule has 0 amide bonds. The van der Waals surface area contributed by atoms with Crippen molar-refractivity contribution in [1.29, 1.82) is 0 Å². The van der Waals surface area contributed by atoms with Crippen molar-refractivity contribution in [2.24, 2.45) is 0 Å². The van der Waals surface area contributed by atoms with E-state index in [1.165, 1.54) is 0 Å². The van der Waals surface area contributed by atoms with Crippen molar-refractivity contribution < 1.29 is 5.11 Å². The summed E-state index contributed by atoms with van der Waals surface area (Å²) in [6.07, 6.45) is 4.45. The molecule has 56 valence electrons. The first kappa shape index (κ1) is 7.35.